The number of carbonyl (C=O) groups is 2. The van der Waals surface area contributed by atoms with Crippen LogP contribution >= 0.6 is 0 Å². The van der Waals surface area contributed by atoms with Gasteiger partial charge in [-0.15, -0.1) is 0 Å². The van der Waals surface area contributed by atoms with Gasteiger partial charge in [-0.2, -0.15) is 5.10 Å². The van der Waals surface area contributed by atoms with E-state index in [1.54, 1.807) is 24.0 Å². The highest BCUT2D eigenvalue weighted by Gasteiger charge is 2.20. The Morgan fingerprint density at radius 1 is 1.07 bits per heavy atom. The molecule has 0 bridgehead atoms. The van der Waals surface area contributed by atoms with Crippen LogP contribution in [0.25, 0.3) is 10.8 Å². The molecule has 0 saturated carbocycles. The monoisotopic (exact) mass is 369 g/mol. The summed E-state index contributed by atoms with van der Waals surface area (Å²) in [4.78, 5) is 26.6. The number of carbonyl (C=O) groups excluding carboxylic acids is 2. The van der Waals surface area contributed by atoms with E-state index in [4.69, 9.17) is 0 Å². The molecule has 0 radical (unpaired) electrons. The normalized spacial score (nSPS) is 11.9. The molecule has 2 aromatic rings. The van der Waals surface area contributed by atoms with E-state index in [1.807, 2.05) is 52.0 Å². The molecule has 2 aromatic carbocycles. The number of rotatable bonds is 6. The number of phenolic OH excluding ortho intramolecular Hbond substituents is 1. The van der Waals surface area contributed by atoms with Crippen molar-refractivity contribution >= 4 is 28.3 Å². The molecule has 0 aliphatic rings. The summed E-state index contributed by atoms with van der Waals surface area (Å²) < 4.78 is 0. The molecule has 6 nitrogen and oxygen atoms in total. The van der Waals surface area contributed by atoms with E-state index in [-0.39, 0.29) is 35.7 Å². The van der Waals surface area contributed by atoms with Crippen molar-refractivity contribution in [1.82, 2.24) is 10.3 Å². The lowest BCUT2D eigenvalue weighted by Crippen LogP contribution is -2.42. The first-order chi connectivity index (χ1) is 12.7. The summed E-state index contributed by atoms with van der Waals surface area (Å²) in [6, 6.07) is 10.8. The second-order valence-corrected chi connectivity index (χ2v) is 7.17. The summed E-state index contributed by atoms with van der Waals surface area (Å²) in [5, 5.41) is 15.8. The van der Waals surface area contributed by atoms with E-state index in [2.05, 4.69) is 10.5 Å². The summed E-state index contributed by atoms with van der Waals surface area (Å²) in [5.41, 5.74) is 3.07. The van der Waals surface area contributed by atoms with Gasteiger partial charge in [0.15, 0.2) is 0 Å². The van der Waals surface area contributed by atoms with Crippen LogP contribution < -0.4 is 5.43 Å². The average Bonchev–Trinajstić information content (AvgIpc) is 2.58. The number of amides is 2. The number of benzene rings is 2. The van der Waals surface area contributed by atoms with Crippen LogP contribution in [0.15, 0.2) is 41.5 Å². The Labute approximate surface area is 159 Å². The summed E-state index contributed by atoms with van der Waals surface area (Å²) >= 11 is 0. The summed E-state index contributed by atoms with van der Waals surface area (Å²) in [7, 11) is 0. The van der Waals surface area contributed by atoms with Crippen LogP contribution in [0.1, 0.15) is 51.4 Å². The predicted molar refractivity (Wildman–Crippen MR) is 108 cm³/mol. The zero-order valence-corrected chi connectivity index (χ0v) is 16.5. The van der Waals surface area contributed by atoms with Crippen molar-refractivity contribution in [2.24, 2.45) is 5.10 Å². The first kappa shape index (κ1) is 20.4. The van der Waals surface area contributed by atoms with Gasteiger partial charge in [0.2, 0.25) is 5.91 Å². The van der Waals surface area contributed by atoms with Gasteiger partial charge in [0, 0.05) is 17.8 Å². The number of fused-ring (bicyclic) bond motifs is 1. The number of nitrogens with one attached hydrogen (secondary N) is 1. The van der Waals surface area contributed by atoms with Crippen molar-refractivity contribution in [1.29, 1.82) is 0 Å². The highest BCUT2D eigenvalue weighted by atomic mass is 16.3. The molecule has 0 fully saturated rings. The molecular weight excluding hydrogens is 342 g/mol. The van der Waals surface area contributed by atoms with Crippen molar-refractivity contribution in [2.45, 2.75) is 53.1 Å². The standard InChI is InChI=1S/C21H27N3O3/c1-13(2)24(14(3)4)20(26)10-15(5)22-23-21(27)18-11-16-8-6-7-9-17(16)12-19(18)25/h6-9,11-14,25H,10H2,1-5H3,(H,23,27)/b22-15-. The molecule has 2 rings (SSSR count). The molecule has 0 spiro atoms. The average molecular weight is 369 g/mol. The quantitative estimate of drug-likeness (QED) is 0.602. The third kappa shape index (κ3) is 5.06. The van der Waals surface area contributed by atoms with Gasteiger partial charge in [-0.1, -0.05) is 24.3 Å². The minimum Gasteiger partial charge on any atom is -0.507 e. The molecule has 0 saturated heterocycles. The van der Waals surface area contributed by atoms with Gasteiger partial charge in [-0.05, 0) is 57.5 Å². The van der Waals surface area contributed by atoms with Gasteiger partial charge >= 0.3 is 0 Å². The van der Waals surface area contributed by atoms with Crippen molar-refractivity contribution in [2.75, 3.05) is 0 Å². The Hall–Kier alpha value is -2.89. The van der Waals surface area contributed by atoms with Gasteiger partial charge in [-0.25, -0.2) is 5.43 Å². The highest BCUT2D eigenvalue weighted by molar-refractivity contribution is 6.03. The maximum atomic E-state index is 12.4. The number of hydrogen-bond donors (Lipinski definition) is 2. The van der Waals surface area contributed by atoms with Crippen LogP contribution in [0.4, 0.5) is 0 Å². The van der Waals surface area contributed by atoms with Crippen LogP contribution in [0, 0.1) is 0 Å². The molecular formula is C21H27N3O3. The van der Waals surface area contributed by atoms with E-state index in [1.165, 1.54) is 0 Å². The largest absolute Gasteiger partial charge is 0.507 e. The number of aromatic hydroxyl groups is 1. The van der Waals surface area contributed by atoms with E-state index in [0.29, 0.717) is 5.71 Å². The number of hydrazone groups is 1. The van der Waals surface area contributed by atoms with Crippen molar-refractivity contribution in [3.63, 3.8) is 0 Å². The van der Waals surface area contributed by atoms with Crippen molar-refractivity contribution < 1.29 is 14.7 Å². The third-order valence-corrected chi connectivity index (χ3v) is 4.26. The molecule has 0 aliphatic carbocycles. The molecule has 0 atom stereocenters. The highest BCUT2D eigenvalue weighted by Crippen LogP contribution is 2.24. The Balaban J connectivity index is 2.09. The van der Waals surface area contributed by atoms with Crippen LogP contribution in [0.2, 0.25) is 0 Å². The summed E-state index contributed by atoms with van der Waals surface area (Å²) in [5.74, 6) is -0.667. The van der Waals surface area contributed by atoms with Crippen molar-refractivity contribution in [3.05, 3.63) is 42.0 Å². The SMILES string of the molecule is C/C(CC(=O)N(C(C)C)C(C)C)=N/NC(=O)c1cc2ccccc2cc1O. The van der Waals surface area contributed by atoms with Crippen LogP contribution in [0.3, 0.4) is 0 Å². The van der Waals surface area contributed by atoms with E-state index < -0.39 is 5.91 Å². The second kappa shape index (κ2) is 8.66. The molecule has 6 heteroatoms. The number of hydrogen-bond acceptors (Lipinski definition) is 4. The zero-order valence-electron chi connectivity index (χ0n) is 16.5. The minimum atomic E-state index is -0.519. The van der Waals surface area contributed by atoms with Gasteiger partial charge in [-0.3, -0.25) is 9.59 Å². The third-order valence-electron chi connectivity index (χ3n) is 4.26. The molecule has 0 aliphatic heterocycles. The molecule has 2 amide bonds. The lowest BCUT2D eigenvalue weighted by atomic mass is 10.1. The van der Waals surface area contributed by atoms with Gasteiger partial charge in [0.05, 0.1) is 12.0 Å². The second-order valence-electron chi connectivity index (χ2n) is 7.17. The molecule has 27 heavy (non-hydrogen) atoms. The van der Waals surface area contributed by atoms with E-state index >= 15 is 0 Å². The molecule has 0 unspecified atom stereocenters. The molecule has 0 aromatic heterocycles. The number of phenols is 1. The predicted octanol–water partition coefficient (Wildman–Crippen LogP) is 3.69. The number of nitrogens with zero attached hydrogens (tertiary/aromatic N) is 2. The van der Waals surface area contributed by atoms with Crippen LogP contribution in [0.5, 0.6) is 5.75 Å². The molecule has 0 heterocycles. The first-order valence-electron chi connectivity index (χ1n) is 9.07. The molecule has 144 valence electrons. The van der Waals surface area contributed by atoms with Gasteiger partial charge in [0.25, 0.3) is 5.91 Å². The zero-order chi connectivity index (χ0) is 20.1. The van der Waals surface area contributed by atoms with Crippen LogP contribution in [-0.4, -0.2) is 39.6 Å². The Kier molecular flexibility index (Phi) is 6.55. The van der Waals surface area contributed by atoms with E-state index in [0.717, 1.165) is 10.8 Å². The van der Waals surface area contributed by atoms with Gasteiger partial charge in [0.1, 0.15) is 5.75 Å². The molecule has 2 N–H and O–H groups in total. The fraction of sp³-hybridized carbons (Fsp3) is 0.381. The fourth-order valence-electron chi connectivity index (χ4n) is 3.14. The van der Waals surface area contributed by atoms with E-state index in [9.17, 15) is 14.7 Å². The first-order valence-corrected chi connectivity index (χ1v) is 9.07. The van der Waals surface area contributed by atoms with Crippen LogP contribution in [-0.2, 0) is 4.79 Å². The lowest BCUT2D eigenvalue weighted by molar-refractivity contribution is -0.133. The maximum absolute atomic E-state index is 12.4. The topological polar surface area (TPSA) is 82.0 Å². The fourth-order valence-corrected chi connectivity index (χ4v) is 3.14. The smallest absolute Gasteiger partial charge is 0.275 e. The Morgan fingerprint density at radius 2 is 1.63 bits per heavy atom. The van der Waals surface area contributed by atoms with Gasteiger partial charge < -0.3 is 10.0 Å². The maximum Gasteiger partial charge on any atom is 0.275 e. The summed E-state index contributed by atoms with van der Waals surface area (Å²) in [6.45, 7) is 9.56. The minimum absolute atomic E-state index is 0.0379. The van der Waals surface area contributed by atoms with Crippen molar-refractivity contribution in [3.8, 4) is 5.75 Å². The summed E-state index contributed by atoms with van der Waals surface area (Å²) in [6.07, 6.45) is 0.125. The Morgan fingerprint density at radius 3 is 2.19 bits per heavy atom. The Bertz CT molecular complexity index is 864. The lowest BCUT2D eigenvalue weighted by Gasteiger charge is -2.30.